The maximum absolute atomic E-state index is 11.3. The minimum atomic E-state index is -0.833. The van der Waals surface area contributed by atoms with Gasteiger partial charge in [-0.3, -0.25) is 9.78 Å². The maximum Gasteiger partial charge on any atom is 0.312 e. The SMILES string of the molecule is CC(C)CC(C(=O)O)c1nccn2nccc12. The molecule has 0 aliphatic carbocycles. The molecule has 0 aliphatic rings. The number of hydrogen-bond acceptors (Lipinski definition) is 3. The molecule has 0 amide bonds. The lowest BCUT2D eigenvalue weighted by molar-refractivity contribution is -0.139. The van der Waals surface area contributed by atoms with Gasteiger partial charge in [0.25, 0.3) is 0 Å². The quantitative estimate of drug-likeness (QED) is 0.876. The first-order valence-electron chi connectivity index (χ1n) is 5.60. The number of rotatable bonds is 4. The van der Waals surface area contributed by atoms with Crippen LogP contribution in [0.5, 0.6) is 0 Å². The van der Waals surface area contributed by atoms with Crippen molar-refractivity contribution in [3.63, 3.8) is 0 Å². The number of carboxylic acid groups (broad SMARTS) is 1. The largest absolute Gasteiger partial charge is 0.481 e. The highest BCUT2D eigenvalue weighted by molar-refractivity contribution is 5.78. The Kier molecular flexibility index (Phi) is 3.08. The van der Waals surface area contributed by atoms with Gasteiger partial charge in [0.15, 0.2) is 0 Å². The normalized spacial score (nSPS) is 13.1. The van der Waals surface area contributed by atoms with Crippen molar-refractivity contribution in [2.45, 2.75) is 26.2 Å². The van der Waals surface area contributed by atoms with Crippen LogP contribution in [0.3, 0.4) is 0 Å². The van der Waals surface area contributed by atoms with E-state index >= 15 is 0 Å². The van der Waals surface area contributed by atoms with Crippen molar-refractivity contribution in [3.8, 4) is 0 Å². The van der Waals surface area contributed by atoms with Gasteiger partial charge in [0.2, 0.25) is 0 Å². The second-order valence-corrected chi connectivity index (χ2v) is 4.49. The number of carbonyl (C=O) groups is 1. The van der Waals surface area contributed by atoms with Crippen molar-refractivity contribution < 1.29 is 9.90 Å². The van der Waals surface area contributed by atoms with Gasteiger partial charge in [-0.05, 0) is 18.4 Å². The Hall–Kier alpha value is -1.91. The van der Waals surface area contributed by atoms with E-state index in [2.05, 4.69) is 10.1 Å². The number of aromatic nitrogens is 3. The van der Waals surface area contributed by atoms with Gasteiger partial charge in [0.1, 0.15) is 5.92 Å². The van der Waals surface area contributed by atoms with Crippen LogP contribution >= 0.6 is 0 Å². The molecule has 0 radical (unpaired) electrons. The standard InChI is InChI=1S/C12H15N3O2/c1-8(2)7-9(12(16)17)11-10-3-4-14-15(10)6-5-13-11/h3-6,8-9H,7H2,1-2H3,(H,16,17). The summed E-state index contributed by atoms with van der Waals surface area (Å²) in [4.78, 5) is 15.5. The molecule has 1 atom stereocenters. The summed E-state index contributed by atoms with van der Waals surface area (Å²) in [7, 11) is 0. The van der Waals surface area contributed by atoms with Gasteiger partial charge in [-0.15, -0.1) is 0 Å². The van der Waals surface area contributed by atoms with Crippen LogP contribution in [0, 0.1) is 5.92 Å². The molecule has 17 heavy (non-hydrogen) atoms. The minimum Gasteiger partial charge on any atom is -0.481 e. The van der Waals surface area contributed by atoms with Crippen LogP contribution in [0.15, 0.2) is 24.7 Å². The number of carboxylic acids is 1. The molecule has 1 unspecified atom stereocenters. The van der Waals surface area contributed by atoms with E-state index in [0.29, 0.717) is 18.0 Å². The number of hydrogen-bond donors (Lipinski definition) is 1. The molecule has 1 N–H and O–H groups in total. The predicted octanol–water partition coefficient (Wildman–Crippen LogP) is 1.94. The van der Waals surface area contributed by atoms with Crippen molar-refractivity contribution in [2.75, 3.05) is 0 Å². The lowest BCUT2D eigenvalue weighted by Crippen LogP contribution is -2.16. The smallest absolute Gasteiger partial charge is 0.312 e. The highest BCUT2D eigenvalue weighted by atomic mass is 16.4. The van der Waals surface area contributed by atoms with Gasteiger partial charge >= 0.3 is 5.97 Å². The van der Waals surface area contributed by atoms with Crippen LogP contribution in [0.2, 0.25) is 0 Å². The predicted molar refractivity (Wildman–Crippen MR) is 62.8 cm³/mol. The highest BCUT2D eigenvalue weighted by Gasteiger charge is 2.24. The molecule has 0 aromatic carbocycles. The van der Waals surface area contributed by atoms with E-state index < -0.39 is 11.9 Å². The van der Waals surface area contributed by atoms with Crippen molar-refractivity contribution in [1.82, 2.24) is 14.6 Å². The molecule has 0 saturated carbocycles. The molecule has 90 valence electrons. The second kappa shape index (κ2) is 4.53. The Bertz CT molecular complexity index is 533. The molecule has 5 nitrogen and oxygen atoms in total. The molecular weight excluding hydrogens is 218 g/mol. The Morgan fingerprint density at radius 2 is 2.24 bits per heavy atom. The first kappa shape index (κ1) is 11.6. The highest BCUT2D eigenvalue weighted by Crippen LogP contribution is 2.25. The van der Waals surface area contributed by atoms with Gasteiger partial charge < -0.3 is 5.11 Å². The third-order valence-corrected chi connectivity index (χ3v) is 2.69. The Balaban J connectivity index is 2.48. The van der Waals surface area contributed by atoms with Gasteiger partial charge in [0, 0.05) is 12.4 Å². The van der Waals surface area contributed by atoms with Crippen molar-refractivity contribution in [2.24, 2.45) is 5.92 Å². The Labute approximate surface area is 99.1 Å². The summed E-state index contributed by atoms with van der Waals surface area (Å²) in [5, 5.41) is 13.4. The van der Waals surface area contributed by atoms with E-state index in [4.69, 9.17) is 0 Å². The molecule has 2 heterocycles. The fourth-order valence-electron chi connectivity index (χ4n) is 1.95. The summed E-state index contributed by atoms with van der Waals surface area (Å²) >= 11 is 0. The molecule has 2 aromatic rings. The molecule has 0 spiro atoms. The second-order valence-electron chi connectivity index (χ2n) is 4.49. The van der Waals surface area contributed by atoms with Gasteiger partial charge in [-0.2, -0.15) is 5.10 Å². The molecule has 2 rings (SSSR count). The first-order chi connectivity index (χ1) is 8.09. The summed E-state index contributed by atoms with van der Waals surface area (Å²) in [5.74, 6) is -1.10. The summed E-state index contributed by atoms with van der Waals surface area (Å²) in [6.07, 6.45) is 5.53. The van der Waals surface area contributed by atoms with E-state index in [9.17, 15) is 9.90 Å². The Morgan fingerprint density at radius 3 is 2.88 bits per heavy atom. The van der Waals surface area contributed by atoms with Gasteiger partial charge in [0.05, 0.1) is 17.4 Å². The van der Waals surface area contributed by atoms with Crippen LogP contribution in [-0.4, -0.2) is 25.7 Å². The molecule has 5 heteroatoms. The number of aliphatic carboxylic acids is 1. The zero-order chi connectivity index (χ0) is 12.4. The topological polar surface area (TPSA) is 67.5 Å². The lowest BCUT2D eigenvalue weighted by atomic mass is 9.93. The number of fused-ring (bicyclic) bond motifs is 1. The third kappa shape index (κ3) is 2.27. The molecule has 0 aliphatic heterocycles. The van der Waals surface area contributed by atoms with E-state index in [1.165, 1.54) is 0 Å². The van der Waals surface area contributed by atoms with Crippen LogP contribution in [0.25, 0.3) is 5.52 Å². The Morgan fingerprint density at radius 1 is 1.47 bits per heavy atom. The monoisotopic (exact) mass is 233 g/mol. The average Bonchev–Trinajstić information content (AvgIpc) is 2.73. The first-order valence-corrected chi connectivity index (χ1v) is 5.60. The third-order valence-electron chi connectivity index (χ3n) is 2.69. The molecule has 0 saturated heterocycles. The fraction of sp³-hybridized carbons (Fsp3) is 0.417. The molecular formula is C12H15N3O2. The molecule has 2 aromatic heterocycles. The minimum absolute atomic E-state index is 0.307. The number of nitrogens with zero attached hydrogens (tertiary/aromatic N) is 3. The maximum atomic E-state index is 11.3. The fourth-order valence-corrected chi connectivity index (χ4v) is 1.95. The zero-order valence-corrected chi connectivity index (χ0v) is 9.87. The van der Waals surface area contributed by atoms with Crippen LogP contribution in [0.4, 0.5) is 0 Å². The lowest BCUT2D eigenvalue weighted by Gasteiger charge is -2.14. The summed E-state index contributed by atoms with van der Waals surface area (Å²) in [6.45, 7) is 4.01. The van der Waals surface area contributed by atoms with E-state index in [-0.39, 0.29) is 0 Å². The van der Waals surface area contributed by atoms with E-state index in [1.807, 2.05) is 13.8 Å². The van der Waals surface area contributed by atoms with Crippen molar-refractivity contribution in [3.05, 3.63) is 30.4 Å². The zero-order valence-electron chi connectivity index (χ0n) is 9.87. The summed E-state index contributed by atoms with van der Waals surface area (Å²) in [6, 6.07) is 1.79. The molecule has 0 fully saturated rings. The van der Waals surface area contributed by atoms with E-state index in [1.54, 1.807) is 29.2 Å². The van der Waals surface area contributed by atoms with Crippen LogP contribution < -0.4 is 0 Å². The van der Waals surface area contributed by atoms with Gasteiger partial charge in [-0.1, -0.05) is 13.8 Å². The molecule has 0 bridgehead atoms. The average molecular weight is 233 g/mol. The van der Waals surface area contributed by atoms with Crippen molar-refractivity contribution in [1.29, 1.82) is 0 Å². The summed E-state index contributed by atoms with van der Waals surface area (Å²) < 4.78 is 1.65. The van der Waals surface area contributed by atoms with Gasteiger partial charge in [-0.25, -0.2) is 4.52 Å². The van der Waals surface area contributed by atoms with Crippen molar-refractivity contribution >= 4 is 11.5 Å². The van der Waals surface area contributed by atoms with Crippen LogP contribution in [0.1, 0.15) is 31.9 Å². The van der Waals surface area contributed by atoms with E-state index in [0.717, 1.165) is 5.52 Å². The summed E-state index contributed by atoms with van der Waals surface area (Å²) in [5.41, 5.74) is 1.35. The van der Waals surface area contributed by atoms with Crippen LogP contribution in [-0.2, 0) is 4.79 Å².